The lowest BCUT2D eigenvalue weighted by Gasteiger charge is -2.22. The van der Waals surface area contributed by atoms with Crippen molar-refractivity contribution in [2.24, 2.45) is 5.73 Å². The van der Waals surface area contributed by atoms with Crippen molar-refractivity contribution in [1.29, 1.82) is 0 Å². The van der Waals surface area contributed by atoms with Crippen LogP contribution in [0, 0.1) is 0 Å². The fraction of sp³-hybridized carbons (Fsp3) is 0.727. The highest BCUT2D eigenvalue weighted by Gasteiger charge is 2.22. The number of rotatable bonds is 4. The predicted molar refractivity (Wildman–Crippen MR) is 60.7 cm³/mol. The van der Waals surface area contributed by atoms with Crippen molar-refractivity contribution < 1.29 is 0 Å². The first-order chi connectivity index (χ1) is 6.75. The van der Waals surface area contributed by atoms with Crippen molar-refractivity contribution in [2.75, 3.05) is 0 Å². The third kappa shape index (κ3) is 2.34. The SMILES string of the molecule is CC(N)CCc1csc(C2CCC2)n1. The summed E-state index contributed by atoms with van der Waals surface area (Å²) >= 11 is 1.83. The van der Waals surface area contributed by atoms with Gasteiger partial charge in [0.25, 0.3) is 0 Å². The number of nitrogens with two attached hydrogens (primary N) is 1. The van der Waals surface area contributed by atoms with Crippen molar-refractivity contribution in [1.82, 2.24) is 4.98 Å². The van der Waals surface area contributed by atoms with Crippen LogP contribution in [0.4, 0.5) is 0 Å². The number of aromatic nitrogens is 1. The summed E-state index contributed by atoms with van der Waals surface area (Å²) in [5.74, 6) is 0.782. The molecule has 1 aromatic rings. The summed E-state index contributed by atoms with van der Waals surface area (Å²) in [6, 6.07) is 0.295. The minimum absolute atomic E-state index is 0.295. The van der Waals surface area contributed by atoms with E-state index in [9.17, 15) is 0 Å². The molecule has 0 saturated heterocycles. The summed E-state index contributed by atoms with van der Waals surface area (Å²) in [6.07, 6.45) is 6.18. The summed E-state index contributed by atoms with van der Waals surface area (Å²) < 4.78 is 0. The van der Waals surface area contributed by atoms with Gasteiger partial charge in [-0.1, -0.05) is 6.42 Å². The van der Waals surface area contributed by atoms with Gasteiger partial charge in [-0.15, -0.1) is 11.3 Å². The van der Waals surface area contributed by atoms with Gasteiger partial charge in [-0.05, 0) is 32.6 Å². The summed E-state index contributed by atoms with van der Waals surface area (Å²) in [6.45, 7) is 2.05. The van der Waals surface area contributed by atoms with E-state index in [2.05, 4.69) is 17.3 Å². The number of aryl methyl sites for hydroxylation is 1. The van der Waals surface area contributed by atoms with E-state index in [0.717, 1.165) is 18.8 Å². The summed E-state index contributed by atoms with van der Waals surface area (Å²) in [7, 11) is 0. The molecule has 1 aliphatic rings. The van der Waals surface area contributed by atoms with E-state index >= 15 is 0 Å². The Kier molecular flexibility index (Phi) is 3.19. The molecule has 1 aromatic heterocycles. The first-order valence-electron chi connectivity index (χ1n) is 5.45. The van der Waals surface area contributed by atoms with Gasteiger partial charge in [0.2, 0.25) is 0 Å². The minimum atomic E-state index is 0.295. The molecule has 0 radical (unpaired) electrons. The van der Waals surface area contributed by atoms with Gasteiger partial charge in [-0.2, -0.15) is 0 Å². The minimum Gasteiger partial charge on any atom is -0.328 e. The normalized spacial score (nSPS) is 19.3. The van der Waals surface area contributed by atoms with Crippen molar-refractivity contribution in [3.63, 3.8) is 0 Å². The summed E-state index contributed by atoms with van der Waals surface area (Å²) in [5.41, 5.74) is 6.96. The van der Waals surface area contributed by atoms with Gasteiger partial charge in [-0.25, -0.2) is 4.98 Å². The molecule has 1 fully saturated rings. The Morgan fingerprint density at radius 2 is 2.43 bits per heavy atom. The van der Waals surface area contributed by atoms with Crippen LogP contribution in [0.15, 0.2) is 5.38 Å². The Hall–Kier alpha value is -0.410. The van der Waals surface area contributed by atoms with Gasteiger partial charge >= 0.3 is 0 Å². The highest BCUT2D eigenvalue weighted by molar-refractivity contribution is 7.09. The third-order valence-electron chi connectivity index (χ3n) is 2.88. The van der Waals surface area contributed by atoms with Crippen LogP contribution in [0.1, 0.15) is 49.2 Å². The van der Waals surface area contributed by atoms with Gasteiger partial charge in [-0.3, -0.25) is 0 Å². The lowest BCUT2D eigenvalue weighted by atomic mass is 9.86. The predicted octanol–water partition coefficient (Wildman–Crippen LogP) is 2.69. The standard InChI is InChI=1S/C11H18N2S/c1-8(12)5-6-10-7-14-11(13-10)9-3-2-4-9/h7-9H,2-6,12H2,1H3. The topological polar surface area (TPSA) is 38.9 Å². The van der Waals surface area contributed by atoms with E-state index in [1.165, 1.54) is 30.0 Å². The second-order valence-corrected chi connectivity index (χ2v) is 5.21. The van der Waals surface area contributed by atoms with Crippen molar-refractivity contribution in [3.05, 3.63) is 16.1 Å². The Morgan fingerprint density at radius 1 is 1.64 bits per heavy atom. The molecule has 2 rings (SSSR count). The lowest BCUT2D eigenvalue weighted by molar-refractivity contribution is 0.417. The maximum absolute atomic E-state index is 5.72. The van der Waals surface area contributed by atoms with Crippen molar-refractivity contribution >= 4 is 11.3 Å². The molecule has 2 N–H and O–H groups in total. The fourth-order valence-corrected chi connectivity index (χ4v) is 2.68. The van der Waals surface area contributed by atoms with Crippen LogP contribution in [0.25, 0.3) is 0 Å². The van der Waals surface area contributed by atoms with E-state index in [4.69, 9.17) is 5.73 Å². The molecule has 0 aromatic carbocycles. The molecule has 1 aliphatic carbocycles. The molecule has 1 unspecified atom stereocenters. The highest BCUT2D eigenvalue weighted by atomic mass is 32.1. The molecule has 1 heterocycles. The molecule has 1 atom stereocenters. The molecule has 2 nitrogen and oxygen atoms in total. The van der Waals surface area contributed by atoms with E-state index in [-0.39, 0.29) is 0 Å². The Bertz CT molecular complexity index is 289. The van der Waals surface area contributed by atoms with Crippen LogP contribution >= 0.6 is 11.3 Å². The largest absolute Gasteiger partial charge is 0.328 e. The maximum atomic E-state index is 5.72. The van der Waals surface area contributed by atoms with Crippen molar-refractivity contribution in [3.8, 4) is 0 Å². The van der Waals surface area contributed by atoms with Crippen molar-refractivity contribution in [2.45, 2.75) is 51.0 Å². The number of thiazole rings is 1. The first-order valence-corrected chi connectivity index (χ1v) is 6.33. The second-order valence-electron chi connectivity index (χ2n) is 4.32. The molecule has 0 amide bonds. The zero-order valence-corrected chi connectivity index (χ0v) is 9.52. The molecule has 0 spiro atoms. The second kappa shape index (κ2) is 4.41. The molecular weight excluding hydrogens is 192 g/mol. The van der Waals surface area contributed by atoms with Crippen LogP contribution in [-0.4, -0.2) is 11.0 Å². The van der Waals surface area contributed by atoms with E-state index in [0.29, 0.717) is 6.04 Å². The molecule has 78 valence electrons. The van der Waals surface area contributed by atoms with Gasteiger partial charge < -0.3 is 5.73 Å². The smallest absolute Gasteiger partial charge is 0.0959 e. The van der Waals surface area contributed by atoms with Crippen LogP contribution in [0.5, 0.6) is 0 Å². The molecule has 0 bridgehead atoms. The lowest BCUT2D eigenvalue weighted by Crippen LogP contribution is -2.15. The van der Waals surface area contributed by atoms with Crippen LogP contribution in [0.2, 0.25) is 0 Å². The van der Waals surface area contributed by atoms with Crippen LogP contribution < -0.4 is 5.73 Å². The number of hydrogen-bond donors (Lipinski definition) is 1. The average Bonchev–Trinajstić information content (AvgIpc) is 2.46. The maximum Gasteiger partial charge on any atom is 0.0959 e. The summed E-state index contributed by atoms with van der Waals surface area (Å²) in [4.78, 5) is 4.67. The van der Waals surface area contributed by atoms with Crippen LogP contribution in [-0.2, 0) is 6.42 Å². The zero-order chi connectivity index (χ0) is 9.97. The zero-order valence-electron chi connectivity index (χ0n) is 8.70. The Balaban J connectivity index is 1.89. The van der Waals surface area contributed by atoms with E-state index in [1.54, 1.807) is 0 Å². The van der Waals surface area contributed by atoms with Gasteiger partial charge in [0, 0.05) is 17.3 Å². The van der Waals surface area contributed by atoms with Gasteiger partial charge in [0.05, 0.1) is 10.7 Å². The van der Waals surface area contributed by atoms with Crippen LogP contribution in [0.3, 0.4) is 0 Å². The number of hydrogen-bond acceptors (Lipinski definition) is 3. The molecule has 3 heteroatoms. The summed E-state index contributed by atoms with van der Waals surface area (Å²) in [5, 5.41) is 3.56. The van der Waals surface area contributed by atoms with E-state index in [1.807, 2.05) is 11.3 Å². The fourth-order valence-electron chi connectivity index (χ4n) is 1.66. The highest BCUT2D eigenvalue weighted by Crippen LogP contribution is 2.37. The quantitative estimate of drug-likeness (QED) is 0.830. The third-order valence-corrected chi connectivity index (χ3v) is 3.94. The monoisotopic (exact) mass is 210 g/mol. The van der Waals surface area contributed by atoms with Gasteiger partial charge in [0.15, 0.2) is 0 Å². The number of nitrogens with zero attached hydrogens (tertiary/aromatic N) is 1. The molecule has 0 aliphatic heterocycles. The molecule has 1 saturated carbocycles. The first kappa shape index (κ1) is 10.1. The molecule has 14 heavy (non-hydrogen) atoms. The van der Waals surface area contributed by atoms with Gasteiger partial charge in [0.1, 0.15) is 0 Å². The molecular formula is C11H18N2S. The average molecular weight is 210 g/mol. The Morgan fingerprint density at radius 3 is 3.00 bits per heavy atom. The van der Waals surface area contributed by atoms with E-state index < -0.39 is 0 Å². The Labute approximate surface area is 89.5 Å².